The molecule has 6 heteroatoms. The molecule has 24 heavy (non-hydrogen) atoms. The van der Waals surface area contributed by atoms with E-state index in [0.717, 1.165) is 62.4 Å². The molecule has 1 aliphatic carbocycles. The van der Waals surface area contributed by atoms with E-state index in [-0.39, 0.29) is 0 Å². The quantitative estimate of drug-likeness (QED) is 0.937. The summed E-state index contributed by atoms with van der Waals surface area (Å²) in [7, 11) is 0. The second kappa shape index (κ2) is 6.71. The van der Waals surface area contributed by atoms with E-state index in [0.29, 0.717) is 17.7 Å². The topological polar surface area (TPSA) is 74.8 Å². The van der Waals surface area contributed by atoms with Crippen LogP contribution in [0.4, 0.5) is 0 Å². The summed E-state index contributed by atoms with van der Waals surface area (Å²) in [5, 5.41) is 0. The summed E-state index contributed by atoms with van der Waals surface area (Å²) in [5.74, 6) is 1.91. The van der Waals surface area contributed by atoms with Gasteiger partial charge in [-0.05, 0) is 38.0 Å². The maximum Gasteiger partial charge on any atom is 0.225 e. The molecule has 0 spiro atoms. The van der Waals surface area contributed by atoms with Crippen LogP contribution in [0.15, 0.2) is 24.8 Å². The molecular formula is C18H23N5O. The number of piperidine rings is 1. The van der Waals surface area contributed by atoms with Crippen molar-refractivity contribution in [3.63, 3.8) is 0 Å². The molecule has 2 fully saturated rings. The summed E-state index contributed by atoms with van der Waals surface area (Å²) >= 11 is 0. The van der Waals surface area contributed by atoms with Crippen molar-refractivity contribution in [2.45, 2.75) is 38.5 Å². The van der Waals surface area contributed by atoms with Gasteiger partial charge in [0.25, 0.3) is 0 Å². The highest BCUT2D eigenvalue weighted by Crippen LogP contribution is 2.30. The minimum absolute atomic E-state index is 0.302. The molecule has 0 bridgehead atoms. The van der Waals surface area contributed by atoms with Crippen molar-refractivity contribution in [2.24, 2.45) is 11.8 Å². The van der Waals surface area contributed by atoms with Crippen molar-refractivity contribution in [1.82, 2.24) is 24.8 Å². The van der Waals surface area contributed by atoms with Crippen LogP contribution in [0.5, 0.6) is 0 Å². The van der Waals surface area contributed by atoms with Crippen LogP contribution < -0.4 is 0 Å². The van der Waals surface area contributed by atoms with Crippen molar-refractivity contribution in [1.29, 1.82) is 0 Å². The van der Waals surface area contributed by atoms with Gasteiger partial charge in [0, 0.05) is 37.6 Å². The van der Waals surface area contributed by atoms with Gasteiger partial charge in [-0.1, -0.05) is 6.42 Å². The van der Waals surface area contributed by atoms with E-state index < -0.39 is 0 Å². The summed E-state index contributed by atoms with van der Waals surface area (Å²) in [5.41, 5.74) is 1.75. The maximum absolute atomic E-state index is 12.4. The highest BCUT2D eigenvalue weighted by atomic mass is 16.2. The first kappa shape index (κ1) is 15.3. The highest BCUT2D eigenvalue weighted by molar-refractivity contribution is 5.79. The van der Waals surface area contributed by atoms with Gasteiger partial charge < -0.3 is 9.88 Å². The minimum Gasteiger partial charge on any atom is -0.343 e. The van der Waals surface area contributed by atoms with E-state index in [9.17, 15) is 4.79 Å². The number of hydrogen-bond acceptors (Lipinski definition) is 4. The Morgan fingerprint density at radius 3 is 2.75 bits per heavy atom. The average Bonchev–Trinajstić information content (AvgIpc) is 3.09. The molecule has 1 unspecified atom stereocenters. The molecular weight excluding hydrogens is 302 g/mol. The first-order chi connectivity index (χ1) is 11.8. The van der Waals surface area contributed by atoms with Crippen molar-refractivity contribution in [3.05, 3.63) is 30.5 Å². The third-order valence-electron chi connectivity index (χ3n) is 5.23. The molecule has 4 rings (SSSR count). The molecule has 2 aromatic heterocycles. The predicted molar refractivity (Wildman–Crippen MR) is 90.0 cm³/mol. The van der Waals surface area contributed by atoms with Gasteiger partial charge in [0.15, 0.2) is 5.82 Å². The molecule has 1 aliphatic heterocycles. The molecule has 1 saturated heterocycles. The lowest BCUT2D eigenvalue weighted by molar-refractivity contribution is -0.140. The lowest BCUT2D eigenvalue weighted by atomic mass is 9.83. The maximum atomic E-state index is 12.4. The minimum atomic E-state index is 0.302. The Morgan fingerprint density at radius 2 is 2.08 bits per heavy atom. The van der Waals surface area contributed by atoms with E-state index in [1.807, 2.05) is 6.20 Å². The molecule has 2 aliphatic rings. The molecule has 2 aromatic rings. The SMILES string of the molecule is O=C(C1CCC1)N1CCCC(Cc2cnc(-c3ncc[nH]3)cn2)C1. The van der Waals surface area contributed by atoms with E-state index >= 15 is 0 Å². The Morgan fingerprint density at radius 1 is 1.17 bits per heavy atom. The number of nitrogens with one attached hydrogen (secondary N) is 1. The van der Waals surface area contributed by atoms with Crippen molar-refractivity contribution < 1.29 is 4.79 Å². The fourth-order valence-electron chi connectivity index (χ4n) is 3.63. The molecule has 1 amide bonds. The Labute approximate surface area is 141 Å². The zero-order chi connectivity index (χ0) is 16.4. The second-order valence-electron chi connectivity index (χ2n) is 6.96. The molecule has 3 heterocycles. The van der Waals surface area contributed by atoms with Crippen molar-refractivity contribution in [2.75, 3.05) is 13.1 Å². The fourth-order valence-corrected chi connectivity index (χ4v) is 3.63. The number of rotatable bonds is 4. The number of nitrogens with zero attached hydrogens (tertiary/aromatic N) is 4. The number of carbonyl (C=O) groups excluding carboxylic acids is 1. The second-order valence-corrected chi connectivity index (χ2v) is 6.96. The van der Waals surface area contributed by atoms with Crippen LogP contribution in [0.3, 0.4) is 0 Å². The molecule has 0 radical (unpaired) electrons. The zero-order valence-electron chi connectivity index (χ0n) is 13.8. The summed E-state index contributed by atoms with van der Waals surface area (Å²) in [6, 6.07) is 0. The van der Waals surface area contributed by atoms with Gasteiger partial charge in [0.05, 0.1) is 11.9 Å². The van der Waals surface area contributed by atoms with Gasteiger partial charge in [-0.15, -0.1) is 0 Å². The first-order valence-corrected chi connectivity index (χ1v) is 8.89. The normalized spacial score (nSPS) is 21.5. The number of aromatic nitrogens is 4. The molecule has 126 valence electrons. The molecule has 0 aromatic carbocycles. The van der Waals surface area contributed by atoms with Crippen molar-refractivity contribution >= 4 is 5.91 Å². The average molecular weight is 325 g/mol. The number of imidazole rings is 1. The molecule has 1 saturated carbocycles. The van der Waals surface area contributed by atoms with Gasteiger partial charge in [-0.25, -0.2) is 9.97 Å². The Bertz CT molecular complexity index is 678. The lowest BCUT2D eigenvalue weighted by Crippen LogP contribution is -2.45. The van der Waals surface area contributed by atoms with Crippen LogP contribution in [0.25, 0.3) is 11.5 Å². The first-order valence-electron chi connectivity index (χ1n) is 8.89. The number of carbonyl (C=O) groups is 1. The van der Waals surface area contributed by atoms with E-state index in [2.05, 4.69) is 24.8 Å². The van der Waals surface area contributed by atoms with E-state index in [1.165, 1.54) is 6.42 Å². The van der Waals surface area contributed by atoms with Gasteiger partial charge in [-0.3, -0.25) is 9.78 Å². The Balaban J connectivity index is 1.36. The standard InChI is InChI=1S/C18H23N5O/c24-18(14-4-1-5-14)23-8-2-3-13(12-23)9-15-10-22-16(11-21-15)17-19-6-7-20-17/h6-7,10-11,13-14H,1-5,8-9,12H2,(H,19,20). The summed E-state index contributed by atoms with van der Waals surface area (Å²) in [6.45, 7) is 1.80. The van der Waals surface area contributed by atoms with Crippen molar-refractivity contribution in [3.8, 4) is 11.5 Å². The predicted octanol–water partition coefficient (Wildman–Crippen LogP) is 2.45. The van der Waals surface area contributed by atoms with E-state index in [1.54, 1.807) is 18.6 Å². The summed E-state index contributed by atoms with van der Waals surface area (Å²) in [6.07, 6.45) is 13.6. The van der Waals surface area contributed by atoms with Crippen LogP contribution in [0.1, 0.15) is 37.8 Å². The van der Waals surface area contributed by atoms with Crippen LogP contribution in [0, 0.1) is 11.8 Å². The number of H-pyrrole nitrogens is 1. The zero-order valence-corrected chi connectivity index (χ0v) is 13.8. The fraction of sp³-hybridized carbons (Fsp3) is 0.556. The number of aromatic amines is 1. The van der Waals surface area contributed by atoms with Crippen LogP contribution in [-0.2, 0) is 11.2 Å². The summed E-state index contributed by atoms with van der Waals surface area (Å²) < 4.78 is 0. The highest BCUT2D eigenvalue weighted by Gasteiger charge is 2.32. The number of hydrogen-bond donors (Lipinski definition) is 1. The Hall–Kier alpha value is -2.24. The van der Waals surface area contributed by atoms with Crippen LogP contribution >= 0.6 is 0 Å². The van der Waals surface area contributed by atoms with Gasteiger partial charge in [0.1, 0.15) is 5.69 Å². The smallest absolute Gasteiger partial charge is 0.225 e. The van der Waals surface area contributed by atoms with Crippen LogP contribution in [0.2, 0.25) is 0 Å². The van der Waals surface area contributed by atoms with Gasteiger partial charge in [-0.2, -0.15) is 0 Å². The molecule has 1 atom stereocenters. The molecule has 1 N–H and O–H groups in total. The molecule has 6 nitrogen and oxygen atoms in total. The summed E-state index contributed by atoms with van der Waals surface area (Å²) in [4.78, 5) is 30.7. The third-order valence-corrected chi connectivity index (χ3v) is 5.23. The van der Waals surface area contributed by atoms with E-state index in [4.69, 9.17) is 0 Å². The van der Waals surface area contributed by atoms with Crippen LogP contribution in [-0.4, -0.2) is 43.8 Å². The lowest BCUT2D eigenvalue weighted by Gasteiger charge is -2.37. The largest absolute Gasteiger partial charge is 0.343 e. The number of likely N-dealkylation sites (tertiary alicyclic amines) is 1. The third kappa shape index (κ3) is 3.18. The van der Waals surface area contributed by atoms with Gasteiger partial charge in [0.2, 0.25) is 5.91 Å². The van der Waals surface area contributed by atoms with Gasteiger partial charge >= 0.3 is 0 Å². The monoisotopic (exact) mass is 325 g/mol. The Kier molecular flexibility index (Phi) is 4.28. The number of amides is 1.